The average Bonchev–Trinajstić information content (AvgIpc) is 2.66. The summed E-state index contributed by atoms with van der Waals surface area (Å²) in [6, 6.07) is 15.1. The van der Waals surface area contributed by atoms with Gasteiger partial charge in [0.1, 0.15) is 0 Å². The molecule has 1 saturated heterocycles. The first kappa shape index (κ1) is 15.5. The van der Waals surface area contributed by atoms with Crippen molar-refractivity contribution >= 4 is 12.8 Å². The molecule has 0 bridgehead atoms. The van der Waals surface area contributed by atoms with Crippen LogP contribution in [0.5, 0.6) is 5.75 Å². The van der Waals surface area contributed by atoms with Crippen LogP contribution in [0.4, 0.5) is 0 Å². The minimum absolute atomic E-state index is 0.0996. The molecule has 129 valence electrons. The Kier molecular flexibility index (Phi) is 3.20. The third kappa shape index (κ3) is 2.22. The van der Waals surface area contributed by atoms with Crippen molar-refractivity contribution < 1.29 is 18.5 Å². The summed E-state index contributed by atoms with van der Waals surface area (Å²) in [4.78, 5) is 14.2. The molecule has 1 fully saturated rings. The summed E-state index contributed by atoms with van der Waals surface area (Å²) in [5.41, 5.74) is 1.67. The van der Waals surface area contributed by atoms with E-state index in [9.17, 15) is 4.89 Å². The Bertz CT molecular complexity index is 868. The molecule has 0 atom stereocenters. The Morgan fingerprint density at radius 1 is 0.880 bits per heavy atom. The van der Waals surface area contributed by atoms with Crippen LogP contribution in [-0.2, 0) is 13.9 Å². The fourth-order valence-electron chi connectivity index (χ4n) is 3.98. The molecule has 5 rings (SSSR count). The zero-order chi connectivity index (χ0) is 17.0. The van der Waals surface area contributed by atoms with Gasteiger partial charge in [0.25, 0.3) is 0 Å². The van der Waals surface area contributed by atoms with E-state index in [0.717, 1.165) is 30.4 Å². The summed E-state index contributed by atoms with van der Waals surface area (Å²) >= 11 is 0. The van der Waals surface area contributed by atoms with Gasteiger partial charge < -0.3 is 0 Å². The van der Waals surface area contributed by atoms with Crippen molar-refractivity contribution in [2.24, 2.45) is 5.41 Å². The molecule has 0 amide bonds. The van der Waals surface area contributed by atoms with E-state index in [1.54, 1.807) is 6.07 Å². The SMILES string of the molecule is [O]P12(OCC3(CC=CCC3)CO1)Oc1ccccc1-c1ccccc12. The first-order chi connectivity index (χ1) is 12.1. The number of allylic oxidation sites excluding steroid dienone is 2. The number of hydrogen-bond donors (Lipinski definition) is 0. The molecule has 1 radical (unpaired) electrons. The molecule has 0 saturated carbocycles. The molecule has 0 N–H and O–H groups in total. The van der Waals surface area contributed by atoms with Crippen LogP contribution in [0, 0.1) is 5.41 Å². The Hall–Kier alpha value is -1.71. The number of rotatable bonds is 0. The van der Waals surface area contributed by atoms with Crippen molar-refractivity contribution in [3.63, 3.8) is 0 Å². The monoisotopic (exact) mass is 355 g/mol. The standard InChI is InChI=1S/C20H20O4P/c21-25(22-14-20(15-23-25)12-6-1-7-13-20)19-11-5-3-9-17(19)16-8-2-4-10-18(16)24-25/h1-6,8-11H,7,12-15H2. The third-order valence-electron chi connectivity index (χ3n) is 5.48. The van der Waals surface area contributed by atoms with Gasteiger partial charge in [-0.05, 0) is 0 Å². The topological polar surface area (TPSA) is 47.6 Å². The summed E-state index contributed by atoms with van der Waals surface area (Å²) in [5.74, 6) is 0.549. The van der Waals surface area contributed by atoms with E-state index in [1.165, 1.54) is 0 Å². The van der Waals surface area contributed by atoms with Gasteiger partial charge in [-0.1, -0.05) is 0 Å². The van der Waals surface area contributed by atoms with Gasteiger partial charge in [0.2, 0.25) is 0 Å². The molecular weight excluding hydrogens is 335 g/mol. The Labute approximate surface area is 147 Å². The van der Waals surface area contributed by atoms with Crippen LogP contribution < -0.4 is 9.83 Å². The van der Waals surface area contributed by atoms with E-state index in [1.807, 2.05) is 42.5 Å². The van der Waals surface area contributed by atoms with E-state index in [2.05, 4.69) is 12.2 Å². The molecule has 1 aliphatic carbocycles. The Balaban J connectivity index is 1.61. The van der Waals surface area contributed by atoms with Crippen LogP contribution in [0.25, 0.3) is 11.1 Å². The third-order valence-corrected chi connectivity index (χ3v) is 8.31. The van der Waals surface area contributed by atoms with Crippen molar-refractivity contribution in [3.05, 3.63) is 60.7 Å². The van der Waals surface area contributed by atoms with Crippen LogP contribution in [0.3, 0.4) is 0 Å². The van der Waals surface area contributed by atoms with E-state index < -0.39 is 7.51 Å². The molecule has 2 heterocycles. The second-order valence-corrected chi connectivity index (χ2v) is 9.98. The summed E-state index contributed by atoms with van der Waals surface area (Å²) in [7, 11) is -4.62. The van der Waals surface area contributed by atoms with Crippen molar-refractivity contribution in [1.82, 2.24) is 0 Å². The van der Waals surface area contributed by atoms with Gasteiger partial charge in [-0.25, -0.2) is 0 Å². The van der Waals surface area contributed by atoms with Gasteiger partial charge in [0.15, 0.2) is 0 Å². The van der Waals surface area contributed by atoms with E-state index in [4.69, 9.17) is 13.6 Å². The van der Waals surface area contributed by atoms with Crippen molar-refractivity contribution in [2.45, 2.75) is 19.3 Å². The molecule has 5 heteroatoms. The maximum atomic E-state index is 14.2. The summed E-state index contributed by atoms with van der Waals surface area (Å²) in [6.07, 6.45) is 7.22. The van der Waals surface area contributed by atoms with Crippen LogP contribution in [0.2, 0.25) is 0 Å². The molecule has 2 aliphatic heterocycles. The zero-order valence-corrected chi connectivity index (χ0v) is 14.8. The van der Waals surface area contributed by atoms with Crippen molar-refractivity contribution in [1.29, 1.82) is 0 Å². The molecule has 2 spiro atoms. The maximum absolute atomic E-state index is 14.2. The molecule has 3 aliphatic rings. The van der Waals surface area contributed by atoms with E-state index in [0.29, 0.717) is 24.3 Å². The summed E-state index contributed by atoms with van der Waals surface area (Å²) < 4.78 is 18.2. The summed E-state index contributed by atoms with van der Waals surface area (Å²) in [5, 5.41) is 0.522. The van der Waals surface area contributed by atoms with Gasteiger partial charge in [0, 0.05) is 0 Å². The number of benzene rings is 2. The van der Waals surface area contributed by atoms with Gasteiger partial charge in [-0.2, -0.15) is 0 Å². The fourth-order valence-corrected chi connectivity index (χ4v) is 6.95. The van der Waals surface area contributed by atoms with E-state index in [-0.39, 0.29) is 5.41 Å². The molecule has 0 unspecified atom stereocenters. The van der Waals surface area contributed by atoms with Crippen LogP contribution in [0.1, 0.15) is 19.3 Å². The number of para-hydroxylation sites is 1. The number of fused-ring (bicyclic) bond motifs is 4. The van der Waals surface area contributed by atoms with Crippen LogP contribution >= 0.6 is 7.51 Å². The normalized spacial score (nSPS) is 29.9. The second kappa shape index (κ2) is 5.15. The molecular formula is C20H20O4P. The molecule has 2 aromatic rings. The molecule has 4 nitrogen and oxygen atoms in total. The summed E-state index contributed by atoms with van der Waals surface area (Å²) in [6.45, 7) is 0.768. The van der Waals surface area contributed by atoms with Crippen LogP contribution in [0.15, 0.2) is 60.7 Å². The average molecular weight is 355 g/mol. The van der Waals surface area contributed by atoms with E-state index >= 15 is 0 Å². The Morgan fingerprint density at radius 2 is 1.60 bits per heavy atom. The minimum atomic E-state index is -4.62. The fraction of sp³-hybridized carbons (Fsp3) is 0.300. The van der Waals surface area contributed by atoms with Gasteiger partial charge in [-0.15, -0.1) is 0 Å². The quantitative estimate of drug-likeness (QED) is 0.504. The predicted molar refractivity (Wildman–Crippen MR) is 97.1 cm³/mol. The molecule has 0 aromatic heterocycles. The number of hydrogen-bond acceptors (Lipinski definition) is 3. The van der Waals surface area contributed by atoms with Gasteiger partial charge in [0.05, 0.1) is 0 Å². The van der Waals surface area contributed by atoms with Crippen LogP contribution in [-0.4, -0.2) is 13.2 Å². The Morgan fingerprint density at radius 3 is 2.36 bits per heavy atom. The van der Waals surface area contributed by atoms with Gasteiger partial charge in [-0.3, -0.25) is 0 Å². The first-order valence-electron chi connectivity index (χ1n) is 8.70. The first-order valence-corrected chi connectivity index (χ1v) is 10.6. The van der Waals surface area contributed by atoms with Crippen molar-refractivity contribution in [3.8, 4) is 16.9 Å². The molecule has 2 aromatic carbocycles. The predicted octanol–water partition coefficient (Wildman–Crippen LogP) is 4.79. The molecule has 25 heavy (non-hydrogen) atoms. The second-order valence-electron chi connectivity index (χ2n) is 7.18. The zero-order valence-electron chi connectivity index (χ0n) is 13.9. The van der Waals surface area contributed by atoms with Crippen molar-refractivity contribution in [2.75, 3.05) is 13.2 Å². The van der Waals surface area contributed by atoms with Gasteiger partial charge >= 0.3 is 147 Å².